The number of H-pyrrole nitrogens is 1. The maximum absolute atomic E-state index is 9.15. The van der Waals surface area contributed by atoms with Gasteiger partial charge in [-0.25, -0.2) is 4.98 Å². The van der Waals surface area contributed by atoms with Crippen LogP contribution in [0.4, 0.5) is 5.69 Å². The Bertz CT molecular complexity index is 552. The summed E-state index contributed by atoms with van der Waals surface area (Å²) in [6.45, 7) is 4.09. The van der Waals surface area contributed by atoms with Crippen molar-refractivity contribution in [2.24, 2.45) is 0 Å². The lowest BCUT2D eigenvalue weighted by molar-refractivity contribution is 0.703. The lowest BCUT2D eigenvalue weighted by Gasteiger charge is -2.18. The van der Waals surface area contributed by atoms with Gasteiger partial charge in [-0.3, -0.25) is 0 Å². The van der Waals surface area contributed by atoms with Crippen molar-refractivity contribution in [3.05, 3.63) is 47.5 Å². The number of nitriles is 1. The number of aromatic nitrogens is 2. The molecule has 1 atom stereocenters. The average molecular weight is 240 g/mol. The highest BCUT2D eigenvalue weighted by Gasteiger charge is 2.14. The normalized spacial score (nSPS) is 11.8. The molecule has 0 spiro atoms. The summed E-state index contributed by atoms with van der Waals surface area (Å²) in [6.07, 6.45) is 4.44. The summed E-state index contributed by atoms with van der Waals surface area (Å²) < 4.78 is 0. The summed E-state index contributed by atoms with van der Waals surface area (Å²) in [5, 5.41) is 12.5. The van der Waals surface area contributed by atoms with Gasteiger partial charge in [0, 0.05) is 12.4 Å². The smallest absolute Gasteiger partial charge is 0.128 e. The van der Waals surface area contributed by atoms with Gasteiger partial charge in [0.1, 0.15) is 11.9 Å². The lowest BCUT2D eigenvalue weighted by atomic mass is 10.1. The minimum Gasteiger partial charge on any atom is -0.374 e. The molecule has 18 heavy (non-hydrogen) atoms. The number of anilines is 1. The molecule has 1 aromatic carbocycles. The number of nitrogens with zero attached hydrogens (tertiary/aromatic N) is 2. The zero-order chi connectivity index (χ0) is 13.0. The van der Waals surface area contributed by atoms with Crippen molar-refractivity contribution in [2.75, 3.05) is 5.32 Å². The number of hydrogen-bond donors (Lipinski definition) is 2. The third kappa shape index (κ3) is 2.35. The number of nitrogens with one attached hydrogen (secondary N) is 2. The van der Waals surface area contributed by atoms with Crippen LogP contribution in [0.15, 0.2) is 30.6 Å². The topological polar surface area (TPSA) is 64.5 Å². The van der Waals surface area contributed by atoms with Crippen LogP contribution in [0.5, 0.6) is 0 Å². The van der Waals surface area contributed by atoms with E-state index in [-0.39, 0.29) is 6.04 Å². The lowest BCUT2D eigenvalue weighted by Crippen LogP contribution is -2.13. The fourth-order valence-electron chi connectivity index (χ4n) is 1.96. The van der Waals surface area contributed by atoms with E-state index in [4.69, 9.17) is 5.26 Å². The van der Waals surface area contributed by atoms with Crippen molar-refractivity contribution in [1.29, 1.82) is 5.26 Å². The van der Waals surface area contributed by atoms with Crippen LogP contribution in [-0.4, -0.2) is 9.97 Å². The first kappa shape index (κ1) is 12.2. The summed E-state index contributed by atoms with van der Waals surface area (Å²) in [5.41, 5.74) is 2.63. The summed E-state index contributed by atoms with van der Waals surface area (Å²) in [5.74, 6) is 0.893. The van der Waals surface area contributed by atoms with Gasteiger partial charge in [-0.2, -0.15) is 5.26 Å². The molecule has 4 nitrogen and oxygen atoms in total. The van der Waals surface area contributed by atoms with Gasteiger partial charge in [0.05, 0.1) is 17.3 Å². The molecule has 0 bridgehead atoms. The maximum Gasteiger partial charge on any atom is 0.128 e. The van der Waals surface area contributed by atoms with Gasteiger partial charge in [0.15, 0.2) is 0 Å². The third-order valence-corrected chi connectivity index (χ3v) is 2.97. The Morgan fingerprint density at radius 3 is 2.94 bits per heavy atom. The molecule has 4 heteroatoms. The molecular weight excluding hydrogens is 224 g/mol. The summed E-state index contributed by atoms with van der Waals surface area (Å²) >= 11 is 0. The van der Waals surface area contributed by atoms with Crippen LogP contribution >= 0.6 is 0 Å². The van der Waals surface area contributed by atoms with Crippen LogP contribution < -0.4 is 5.32 Å². The number of hydrogen-bond acceptors (Lipinski definition) is 3. The van der Waals surface area contributed by atoms with Crippen LogP contribution in [0.2, 0.25) is 0 Å². The molecule has 0 radical (unpaired) electrons. The van der Waals surface area contributed by atoms with Crippen LogP contribution in [0.1, 0.15) is 36.3 Å². The molecule has 0 aliphatic carbocycles. The predicted molar refractivity (Wildman–Crippen MR) is 71.1 cm³/mol. The van der Waals surface area contributed by atoms with Gasteiger partial charge >= 0.3 is 0 Å². The van der Waals surface area contributed by atoms with Crippen molar-refractivity contribution in [2.45, 2.75) is 26.3 Å². The maximum atomic E-state index is 9.15. The van der Waals surface area contributed by atoms with Gasteiger partial charge in [-0.05, 0) is 25.0 Å². The molecule has 1 unspecified atom stereocenters. The molecule has 92 valence electrons. The van der Waals surface area contributed by atoms with Gasteiger partial charge in [0.25, 0.3) is 0 Å². The molecule has 1 aromatic heterocycles. The monoisotopic (exact) mass is 240 g/mol. The molecule has 0 aliphatic heterocycles. The van der Waals surface area contributed by atoms with Gasteiger partial charge < -0.3 is 10.3 Å². The number of imidazole rings is 1. The largest absolute Gasteiger partial charge is 0.374 e. The Balaban J connectivity index is 2.31. The molecule has 0 saturated heterocycles. The van der Waals surface area contributed by atoms with E-state index in [9.17, 15) is 0 Å². The third-order valence-electron chi connectivity index (χ3n) is 2.97. The first-order valence-electron chi connectivity index (χ1n) is 6.01. The van der Waals surface area contributed by atoms with Crippen molar-refractivity contribution >= 4 is 5.69 Å². The number of aromatic amines is 1. The second kappa shape index (κ2) is 5.37. The molecule has 2 aromatic rings. The van der Waals surface area contributed by atoms with E-state index in [1.165, 1.54) is 0 Å². The molecule has 2 rings (SSSR count). The van der Waals surface area contributed by atoms with Crippen LogP contribution in [0.3, 0.4) is 0 Å². The minimum absolute atomic E-state index is 0.0909. The molecule has 0 aliphatic rings. The highest BCUT2D eigenvalue weighted by molar-refractivity contribution is 5.62. The fourth-order valence-corrected chi connectivity index (χ4v) is 1.96. The minimum atomic E-state index is 0.0909. The summed E-state index contributed by atoms with van der Waals surface area (Å²) in [4.78, 5) is 7.38. The standard InChI is InChI=1S/C14H16N4/c1-3-12(14-16-7-8-17-14)18-13-10(2)5-4-6-11(13)9-15/h4-8,12,18H,3H2,1-2H3,(H,16,17). The molecule has 0 amide bonds. The molecule has 2 N–H and O–H groups in total. The van der Waals surface area contributed by atoms with E-state index in [1.54, 1.807) is 6.20 Å². The first-order chi connectivity index (χ1) is 8.76. The fraction of sp³-hybridized carbons (Fsp3) is 0.286. The molecule has 1 heterocycles. The Morgan fingerprint density at radius 2 is 2.33 bits per heavy atom. The zero-order valence-electron chi connectivity index (χ0n) is 10.6. The summed E-state index contributed by atoms with van der Waals surface area (Å²) in [6, 6.07) is 8.03. The second-order valence-corrected chi connectivity index (χ2v) is 4.19. The number of para-hydroxylation sites is 1. The van der Waals surface area contributed by atoms with Crippen molar-refractivity contribution < 1.29 is 0 Å². The molecule has 0 saturated carbocycles. The highest BCUT2D eigenvalue weighted by Crippen LogP contribution is 2.25. The Hall–Kier alpha value is -2.28. The van der Waals surface area contributed by atoms with Gasteiger partial charge in [-0.1, -0.05) is 19.1 Å². The van der Waals surface area contributed by atoms with Crippen LogP contribution in [-0.2, 0) is 0 Å². The van der Waals surface area contributed by atoms with E-state index >= 15 is 0 Å². The van der Waals surface area contributed by atoms with Crippen LogP contribution in [0, 0.1) is 18.3 Å². The number of aryl methyl sites for hydroxylation is 1. The first-order valence-corrected chi connectivity index (χ1v) is 6.01. The van der Waals surface area contributed by atoms with Gasteiger partial charge in [0.2, 0.25) is 0 Å². The van der Waals surface area contributed by atoms with Crippen molar-refractivity contribution in [3.8, 4) is 6.07 Å². The SMILES string of the molecule is CCC(Nc1c(C)cccc1C#N)c1ncc[nH]1. The molecule has 0 fully saturated rings. The van der Waals surface area contributed by atoms with Crippen molar-refractivity contribution in [1.82, 2.24) is 9.97 Å². The Kier molecular flexibility index (Phi) is 3.63. The number of rotatable bonds is 4. The summed E-state index contributed by atoms with van der Waals surface area (Å²) in [7, 11) is 0. The predicted octanol–water partition coefficient (Wildman–Crippen LogP) is 3.15. The average Bonchev–Trinajstić information content (AvgIpc) is 2.91. The quantitative estimate of drug-likeness (QED) is 0.862. The van der Waals surface area contributed by atoms with E-state index in [0.29, 0.717) is 5.56 Å². The van der Waals surface area contributed by atoms with E-state index in [2.05, 4.69) is 28.3 Å². The molecular formula is C14H16N4. The van der Waals surface area contributed by atoms with Crippen molar-refractivity contribution in [3.63, 3.8) is 0 Å². The highest BCUT2D eigenvalue weighted by atomic mass is 15.0. The van der Waals surface area contributed by atoms with Gasteiger partial charge in [-0.15, -0.1) is 0 Å². The Labute approximate surface area is 107 Å². The van der Waals surface area contributed by atoms with E-state index in [1.807, 2.05) is 31.3 Å². The van der Waals surface area contributed by atoms with Crippen LogP contribution in [0.25, 0.3) is 0 Å². The van der Waals surface area contributed by atoms with E-state index < -0.39 is 0 Å². The zero-order valence-corrected chi connectivity index (χ0v) is 10.6. The number of benzene rings is 1. The Morgan fingerprint density at radius 1 is 1.50 bits per heavy atom. The second-order valence-electron chi connectivity index (χ2n) is 4.19. The van der Waals surface area contributed by atoms with E-state index in [0.717, 1.165) is 23.5 Å².